The highest BCUT2D eigenvalue weighted by molar-refractivity contribution is 5.85. The van der Waals surface area contributed by atoms with Crippen molar-refractivity contribution in [3.05, 3.63) is 179 Å². The van der Waals surface area contributed by atoms with Crippen molar-refractivity contribution in [1.29, 1.82) is 0 Å². The van der Waals surface area contributed by atoms with Crippen molar-refractivity contribution in [2.75, 3.05) is 19.8 Å². The maximum Gasteiger partial charge on any atom is 0.408 e. The number of aliphatic carboxylic acids is 3. The number of benzene rings is 6. The molecule has 392 valence electrons. The third-order valence-electron chi connectivity index (χ3n) is 15.2. The monoisotopic (exact) mass is 1030 g/mol. The van der Waals surface area contributed by atoms with Crippen LogP contribution in [0.25, 0.3) is 33.4 Å². The van der Waals surface area contributed by atoms with Crippen LogP contribution in [0.5, 0.6) is 0 Å². The number of nitrogens with one attached hydrogen (secondary N) is 3. The van der Waals surface area contributed by atoms with Gasteiger partial charge in [0.2, 0.25) is 0 Å². The standard InChI is InChI=1S/C61H61N3O12/c65-55(66)53(62-58(71)74-35-50-44-25-11-5-19-38(44)39-20-6-12-26-45(39)50)31-3-1-17-33-61(57(69)70,64-60(73)76-37-52-48-29-15-9-23-42(48)43-24-10-16-30-49(43)52)34-18-2-4-32-54(56(67)68)63-59(72)75-36-51-46-27-13-7-21-40(46)41-22-8-14-28-47(41)51/h5-16,19-30,50-54H,1-4,17-18,31-37H2,(H,62,71)(H,63,72)(H,64,73)(H,65,66)(H,67,68)(H,69,70)/t53-,54-/m0/s1. The minimum Gasteiger partial charge on any atom is -0.480 e. The summed E-state index contributed by atoms with van der Waals surface area (Å²) in [6.07, 6.45) is -0.804. The summed E-state index contributed by atoms with van der Waals surface area (Å²) in [6.45, 7) is -0.0208. The van der Waals surface area contributed by atoms with Crippen LogP contribution in [0.2, 0.25) is 0 Å². The number of carboxylic acids is 3. The highest BCUT2D eigenvalue weighted by Gasteiger charge is 2.41. The van der Waals surface area contributed by atoms with E-state index in [1.54, 1.807) is 0 Å². The number of rotatable bonds is 24. The number of unbranched alkanes of at least 4 members (excludes halogenated alkanes) is 4. The van der Waals surface area contributed by atoms with E-state index in [0.717, 1.165) is 66.8 Å². The molecule has 3 aliphatic carbocycles. The van der Waals surface area contributed by atoms with Crippen LogP contribution in [0.1, 0.15) is 115 Å². The van der Waals surface area contributed by atoms with E-state index in [4.69, 9.17) is 14.2 Å². The Morgan fingerprint density at radius 1 is 0.395 bits per heavy atom. The lowest BCUT2D eigenvalue weighted by atomic mass is 9.86. The summed E-state index contributed by atoms with van der Waals surface area (Å²) in [5, 5.41) is 38.7. The molecule has 0 bridgehead atoms. The lowest BCUT2D eigenvalue weighted by molar-refractivity contribution is -0.145. The maximum atomic E-state index is 13.7. The number of hydrogen-bond donors (Lipinski definition) is 6. The molecule has 0 fully saturated rings. The first kappa shape index (κ1) is 52.4. The molecule has 2 atom stereocenters. The van der Waals surface area contributed by atoms with E-state index in [1.165, 1.54) is 0 Å². The summed E-state index contributed by atoms with van der Waals surface area (Å²) in [4.78, 5) is 77.8. The molecule has 0 unspecified atom stereocenters. The van der Waals surface area contributed by atoms with Gasteiger partial charge in [-0.25, -0.2) is 28.8 Å². The van der Waals surface area contributed by atoms with Crippen molar-refractivity contribution < 1.29 is 58.3 Å². The molecule has 0 heterocycles. The first-order valence-electron chi connectivity index (χ1n) is 26.0. The topological polar surface area (TPSA) is 227 Å². The molecule has 3 aliphatic rings. The number of carbonyl (C=O) groups excluding carboxylic acids is 3. The molecule has 0 spiro atoms. The van der Waals surface area contributed by atoms with Gasteiger partial charge >= 0.3 is 36.2 Å². The normalized spacial score (nSPS) is 13.9. The number of alkyl carbamates (subject to hydrolysis) is 3. The van der Waals surface area contributed by atoms with Crippen LogP contribution in [-0.2, 0) is 28.6 Å². The molecule has 0 radical (unpaired) electrons. The van der Waals surface area contributed by atoms with Crippen LogP contribution >= 0.6 is 0 Å². The Morgan fingerprint density at radius 2 is 0.671 bits per heavy atom. The molecule has 0 saturated carbocycles. The smallest absolute Gasteiger partial charge is 0.408 e. The van der Waals surface area contributed by atoms with Crippen LogP contribution < -0.4 is 16.0 Å². The zero-order chi connectivity index (χ0) is 53.2. The van der Waals surface area contributed by atoms with Gasteiger partial charge in [0.25, 0.3) is 0 Å². The van der Waals surface area contributed by atoms with Crippen molar-refractivity contribution in [3.8, 4) is 33.4 Å². The van der Waals surface area contributed by atoms with E-state index in [9.17, 15) is 44.1 Å². The highest BCUT2D eigenvalue weighted by atomic mass is 16.6. The van der Waals surface area contributed by atoms with Crippen molar-refractivity contribution >= 4 is 36.2 Å². The quantitative estimate of drug-likeness (QED) is 0.0246. The zero-order valence-corrected chi connectivity index (χ0v) is 42.0. The van der Waals surface area contributed by atoms with E-state index in [1.807, 2.05) is 146 Å². The summed E-state index contributed by atoms with van der Waals surface area (Å²) in [6, 6.07) is 44.7. The molecule has 0 aliphatic heterocycles. The van der Waals surface area contributed by atoms with Crippen molar-refractivity contribution in [2.24, 2.45) is 0 Å². The van der Waals surface area contributed by atoms with Crippen molar-refractivity contribution in [1.82, 2.24) is 16.0 Å². The lowest BCUT2D eigenvalue weighted by Crippen LogP contribution is -2.54. The number of ether oxygens (including phenoxy) is 3. The van der Waals surface area contributed by atoms with Gasteiger partial charge in [0.05, 0.1) is 0 Å². The highest BCUT2D eigenvalue weighted by Crippen LogP contribution is 2.47. The Bertz CT molecular complexity index is 2840. The Morgan fingerprint density at radius 3 is 0.947 bits per heavy atom. The Balaban J connectivity index is 0.789. The summed E-state index contributed by atoms with van der Waals surface area (Å²) in [5.41, 5.74) is 10.5. The SMILES string of the molecule is O=C(N[C@@H](CCCCCC(CCCCC[C@H](NC(=O)OCC1c2ccccc2-c2ccccc21)C(=O)O)(NC(=O)OCC1c2ccccc2-c2ccccc21)C(=O)O)C(=O)O)OCC1c2ccccc2-c2ccccc21. The van der Waals surface area contributed by atoms with Gasteiger partial charge in [-0.3, -0.25) is 0 Å². The van der Waals surface area contributed by atoms with Crippen molar-refractivity contribution in [3.63, 3.8) is 0 Å². The van der Waals surface area contributed by atoms with Crippen molar-refractivity contribution in [2.45, 2.75) is 99.6 Å². The van der Waals surface area contributed by atoms with Crippen LogP contribution in [0.3, 0.4) is 0 Å². The summed E-state index contributed by atoms with van der Waals surface area (Å²) < 4.78 is 17.0. The minimum absolute atomic E-state index is 0.0124. The largest absolute Gasteiger partial charge is 0.480 e. The van der Waals surface area contributed by atoms with Gasteiger partial charge < -0.3 is 45.5 Å². The third-order valence-corrected chi connectivity index (χ3v) is 15.2. The Kier molecular flexibility index (Phi) is 16.4. The minimum atomic E-state index is -1.81. The Hall–Kier alpha value is -8.46. The van der Waals surface area contributed by atoms with Gasteiger partial charge in [-0.2, -0.15) is 0 Å². The van der Waals surface area contributed by atoms with Crippen LogP contribution in [-0.4, -0.2) is 89.0 Å². The average molecular weight is 1030 g/mol. The summed E-state index contributed by atoms with van der Waals surface area (Å²) in [5.74, 6) is -4.47. The Labute approximate surface area is 440 Å². The first-order valence-corrected chi connectivity index (χ1v) is 26.0. The van der Waals surface area contributed by atoms with Gasteiger partial charge in [0.1, 0.15) is 37.4 Å². The number of hydrogen-bond acceptors (Lipinski definition) is 9. The summed E-state index contributed by atoms with van der Waals surface area (Å²) >= 11 is 0. The van der Waals surface area contributed by atoms with Crippen LogP contribution in [0.15, 0.2) is 146 Å². The fourth-order valence-corrected chi connectivity index (χ4v) is 11.3. The molecule has 9 rings (SSSR count). The number of amides is 3. The fraction of sp³-hybridized carbons (Fsp3) is 0.311. The molecule has 0 saturated heterocycles. The molecule has 76 heavy (non-hydrogen) atoms. The molecule has 6 N–H and O–H groups in total. The second-order valence-electron chi connectivity index (χ2n) is 19.8. The van der Waals surface area contributed by atoms with Gasteiger partial charge in [-0.15, -0.1) is 0 Å². The van der Waals surface area contributed by atoms with Gasteiger partial charge in [0, 0.05) is 17.8 Å². The van der Waals surface area contributed by atoms with E-state index < -0.39 is 53.8 Å². The number of carbonyl (C=O) groups is 6. The average Bonchev–Trinajstić information content (AvgIpc) is 4.05. The second-order valence-corrected chi connectivity index (χ2v) is 19.8. The summed E-state index contributed by atoms with van der Waals surface area (Å²) in [7, 11) is 0. The second kappa shape index (κ2) is 23.8. The molecule has 15 heteroatoms. The maximum absolute atomic E-state index is 13.7. The molecular formula is C61H61N3O12. The third kappa shape index (κ3) is 11.6. The molecule has 0 aromatic heterocycles. The van der Waals surface area contributed by atoms with Gasteiger partial charge in [-0.1, -0.05) is 184 Å². The molecule has 15 nitrogen and oxygen atoms in total. The predicted octanol–water partition coefficient (Wildman–Crippen LogP) is 11.2. The molecule has 6 aromatic carbocycles. The van der Waals surface area contributed by atoms with E-state index in [2.05, 4.69) is 16.0 Å². The first-order chi connectivity index (χ1) is 36.9. The van der Waals surface area contributed by atoms with Crippen LogP contribution in [0, 0.1) is 0 Å². The van der Waals surface area contributed by atoms with E-state index in [-0.39, 0.29) is 76.1 Å². The number of fused-ring (bicyclic) bond motifs is 9. The number of carboxylic acid groups (broad SMARTS) is 3. The van der Waals surface area contributed by atoms with Gasteiger partial charge in [-0.05, 0) is 92.4 Å². The van der Waals surface area contributed by atoms with E-state index in [0.29, 0.717) is 25.7 Å². The zero-order valence-electron chi connectivity index (χ0n) is 42.0. The van der Waals surface area contributed by atoms with Crippen LogP contribution in [0.4, 0.5) is 14.4 Å². The predicted molar refractivity (Wildman–Crippen MR) is 284 cm³/mol. The molecule has 3 amide bonds. The molecular weight excluding hydrogens is 967 g/mol. The van der Waals surface area contributed by atoms with E-state index >= 15 is 0 Å². The van der Waals surface area contributed by atoms with Gasteiger partial charge in [0.15, 0.2) is 0 Å². The fourth-order valence-electron chi connectivity index (χ4n) is 11.3. The lowest BCUT2D eigenvalue weighted by Gasteiger charge is -2.31. The molecule has 6 aromatic rings.